The molecule has 0 fully saturated rings. The summed E-state index contributed by atoms with van der Waals surface area (Å²) in [5.41, 5.74) is 5.63. The lowest BCUT2D eigenvalue weighted by Crippen LogP contribution is -2.46. The average molecular weight is 539 g/mol. The van der Waals surface area contributed by atoms with Crippen LogP contribution >= 0.6 is 11.3 Å². The summed E-state index contributed by atoms with van der Waals surface area (Å²) in [6, 6.07) is 12.2. The van der Waals surface area contributed by atoms with E-state index in [2.05, 4.69) is 48.2 Å². The smallest absolute Gasteiger partial charge is 0.305 e. The van der Waals surface area contributed by atoms with Crippen molar-refractivity contribution in [3.63, 3.8) is 0 Å². The quantitative estimate of drug-likeness (QED) is 0.205. The van der Waals surface area contributed by atoms with Crippen molar-refractivity contribution in [3.8, 4) is 26.8 Å². The molecule has 1 heterocycles. The molecule has 2 aromatic carbocycles. The maximum atomic E-state index is 11.4. The molecule has 3 N–H and O–H groups in total. The van der Waals surface area contributed by atoms with E-state index in [4.69, 9.17) is 9.72 Å². The number of nitrogens with one attached hydrogen (secondary N) is 1. The van der Waals surface area contributed by atoms with Crippen LogP contribution in [-0.2, 0) is 16.0 Å². The predicted octanol–water partition coefficient (Wildman–Crippen LogP) is 5.95. The second kappa shape index (κ2) is 11.9. The lowest BCUT2D eigenvalue weighted by atomic mass is 9.96. The molecular formula is C30H38N2O5S. The first-order valence-electron chi connectivity index (χ1n) is 13.3. The Morgan fingerprint density at radius 3 is 2.74 bits per heavy atom. The molecular weight excluding hydrogens is 500 g/mol. The van der Waals surface area contributed by atoms with Crippen LogP contribution in [0.3, 0.4) is 0 Å². The lowest BCUT2D eigenvalue weighted by Gasteiger charge is -2.27. The summed E-state index contributed by atoms with van der Waals surface area (Å²) < 4.78 is 10.7. The number of benzene rings is 2. The van der Waals surface area contributed by atoms with Crippen molar-refractivity contribution in [2.75, 3.05) is 7.11 Å². The molecule has 1 aromatic heterocycles. The second-order valence-electron chi connectivity index (χ2n) is 10.3. The van der Waals surface area contributed by atoms with Crippen LogP contribution in [0.2, 0.25) is 0 Å². The molecule has 0 saturated heterocycles. The molecule has 8 heteroatoms. The Hall–Kier alpha value is -2.78. The third kappa shape index (κ3) is 6.43. The standard InChI is InChI=1S/C30H38N2O5S/c1-6-19(4)24-16-20(10-13-26(24)37-18(2)3)29-31-17-27(38-29)23-9-7-8-22-21(23)11-12-25(22)32-30(34,35)15-14-28(33)36-5/h7-10,13,16-19,25,32,34-35H,6,11-12,14-15H2,1-5H3. The van der Waals surface area contributed by atoms with Crippen LogP contribution in [-0.4, -0.2) is 40.3 Å². The first-order chi connectivity index (χ1) is 18.1. The molecule has 0 amide bonds. The number of aliphatic hydroxyl groups is 2. The van der Waals surface area contributed by atoms with Gasteiger partial charge in [-0.2, -0.15) is 0 Å². The summed E-state index contributed by atoms with van der Waals surface area (Å²) in [5.74, 6) is -1.33. The van der Waals surface area contributed by atoms with Crippen LogP contribution in [0.25, 0.3) is 21.0 Å². The third-order valence-electron chi connectivity index (χ3n) is 7.12. The molecule has 0 bridgehead atoms. The van der Waals surface area contributed by atoms with E-state index in [9.17, 15) is 15.0 Å². The number of hydrogen-bond donors (Lipinski definition) is 3. The maximum Gasteiger partial charge on any atom is 0.305 e. The topological polar surface area (TPSA) is 101 Å². The SMILES string of the molecule is CCC(C)c1cc(-c2ncc(-c3cccc4c3CCC4NC(O)(O)CCC(=O)OC)s2)ccc1OC(C)C. The Kier molecular flexibility index (Phi) is 8.88. The highest BCUT2D eigenvalue weighted by molar-refractivity contribution is 7.18. The number of aromatic nitrogens is 1. The number of thiazole rings is 1. The van der Waals surface area contributed by atoms with Crippen LogP contribution in [0.4, 0.5) is 0 Å². The van der Waals surface area contributed by atoms with Gasteiger partial charge < -0.3 is 19.7 Å². The molecule has 2 atom stereocenters. The van der Waals surface area contributed by atoms with Crippen molar-refractivity contribution < 1.29 is 24.5 Å². The molecule has 0 saturated carbocycles. The minimum atomic E-state index is -2.16. The van der Waals surface area contributed by atoms with Gasteiger partial charge in [0.15, 0.2) is 0 Å². The lowest BCUT2D eigenvalue weighted by molar-refractivity contribution is -0.199. The summed E-state index contributed by atoms with van der Waals surface area (Å²) in [6.45, 7) is 8.50. The number of ether oxygens (including phenoxy) is 2. The fourth-order valence-corrected chi connectivity index (χ4v) is 5.91. The number of fused-ring (bicyclic) bond motifs is 1. The fourth-order valence-electron chi connectivity index (χ4n) is 4.94. The van der Waals surface area contributed by atoms with Gasteiger partial charge in [0.25, 0.3) is 0 Å². The highest BCUT2D eigenvalue weighted by Crippen LogP contribution is 2.42. The first-order valence-corrected chi connectivity index (χ1v) is 14.1. The van der Waals surface area contributed by atoms with Crippen LogP contribution in [0.15, 0.2) is 42.6 Å². The Balaban J connectivity index is 1.57. The number of hydrogen-bond acceptors (Lipinski definition) is 8. The van der Waals surface area contributed by atoms with Crippen LogP contribution in [0.5, 0.6) is 5.75 Å². The molecule has 0 radical (unpaired) electrons. The minimum absolute atomic E-state index is 0.0803. The Morgan fingerprint density at radius 1 is 1.24 bits per heavy atom. The highest BCUT2D eigenvalue weighted by atomic mass is 32.1. The average Bonchev–Trinajstić information content (AvgIpc) is 3.54. The van der Waals surface area contributed by atoms with E-state index in [-0.39, 0.29) is 25.0 Å². The van der Waals surface area contributed by atoms with E-state index in [0.29, 0.717) is 5.92 Å². The molecule has 2 unspecified atom stereocenters. The van der Waals surface area contributed by atoms with Crippen molar-refractivity contribution >= 4 is 17.3 Å². The number of carbonyl (C=O) groups is 1. The summed E-state index contributed by atoms with van der Waals surface area (Å²) in [4.78, 5) is 17.3. The van der Waals surface area contributed by atoms with E-state index in [1.165, 1.54) is 18.2 Å². The zero-order valence-corrected chi connectivity index (χ0v) is 23.6. The van der Waals surface area contributed by atoms with Gasteiger partial charge in [-0.05, 0) is 79.5 Å². The van der Waals surface area contributed by atoms with E-state index >= 15 is 0 Å². The van der Waals surface area contributed by atoms with Crippen LogP contribution in [0.1, 0.15) is 82.0 Å². The predicted molar refractivity (Wildman–Crippen MR) is 150 cm³/mol. The second-order valence-corrected chi connectivity index (χ2v) is 11.3. The van der Waals surface area contributed by atoms with Crippen LogP contribution < -0.4 is 10.1 Å². The summed E-state index contributed by atoms with van der Waals surface area (Å²) >= 11 is 1.66. The fraction of sp³-hybridized carbons (Fsp3) is 0.467. The van der Waals surface area contributed by atoms with Crippen molar-refractivity contribution in [2.24, 2.45) is 0 Å². The molecule has 38 heavy (non-hydrogen) atoms. The third-order valence-corrected chi connectivity index (χ3v) is 8.20. The van der Waals surface area contributed by atoms with E-state index < -0.39 is 11.9 Å². The Labute approximate surface area is 228 Å². The van der Waals surface area contributed by atoms with Gasteiger partial charge in [0.2, 0.25) is 5.91 Å². The van der Waals surface area contributed by atoms with Crippen molar-refractivity contribution in [1.29, 1.82) is 0 Å². The van der Waals surface area contributed by atoms with Crippen LogP contribution in [0, 0.1) is 0 Å². The van der Waals surface area contributed by atoms with Gasteiger partial charge >= 0.3 is 5.97 Å². The number of esters is 1. The van der Waals surface area contributed by atoms with Gasteiger partial charge in [-0.3, -0.25) is 10.1 Å². The maximum absolute atomic E-state index is 11.4. The Bertz CT molecular complexity index is 1270. The summed E-state index contributed by atoms with van der Waals surface area (Å²) in [5, 5.41) is 24.7. The van der Waals surface area contributed by atoms with Gasteiger partial charge in [0.1, 0.15) is 10.8 Å². The highest BCUT2D eigenvalue weighted by Gasteiger charge is 2.33. The zero-order chi connectivity index (χ0) is 27.4. The summed E-state index contributed by atoms with van der Waals surface area (Å²) in [7, 11) is 1.28. The molecule has 4 rings (SSSR count). The van der Waals surface area contributed by atoms with Gasteiger partial charge in [-0.25, -0.2) is 4.98 Å². The van der Waals surface area contributed by atoms with Crippen molar-refractivity contribution in [1.82, 2.24) is 10.3 Å². The summed E-state index contributed by atoms with van der Waals surface area (Å²) in [6.07, 6.45) is 4.38. The molecule has 0 spiro atoms. The number of nitrogens with zero attached hydrogens (tertiary/aromatic N) is 1. The Morgan fingerprint density at radius 2 is 2.03 bits per heavy atom. The first kappa shape index (κ1) is 28.2. The zero-order valence-electron chi connectivity index (χ0n) is 22.8. The molecule has 0 aliphatic heterocycles. The molecule has 1 aliphatic carbocycles. The number of methoxy groups -OCH3 is 1. The van der Waals surface area contributed by atoms with E-state index in [1.807, 2.05) is 32.2 Å². The van der Waals surface area contributed by atoms with Crippen molar-refractivity contribution in [2.45, 2.75) is 83.8 Å². The van der Waals surface area contributed by atoms with E-state index in [0.717, 1.165) is 51.6 Å². The van der Waals surface area contributed by atoms with Gasteiger partial charge in [-0.15, -0.1) is 11.3 Å². The van der Waals surface area contributed by atoms with Gasteiger partial charge in [0.05, 0.1) is 24.5 Å². The largest absolute Gasteiger partial charge is 0.491 e. The molecule has 3 aromatic rings. The minimum Gasteiger partial charge on any atom is -0.491 e. The van der Waals surface area contributed by atoms with Gasteiger partial charge in [-0.1, -0.05) is 32.0 Å². The number of carbonyl (C=O) groups excluding carboxylic acids is 1. The molecule has 204 valence electrons. The normalized spacial score (nSPS) is 15.9. The molecule has 1 aliphatic rings. The number of rotatable bonds is 11. The van der Waals surface area contributed by atoms with Gasteiger partial charge in [0, 0.05) is 24.2 Å². The van der Waals surface area contributed by atoms with Crippen molar-refractivity contribution in [3.05, 3.63) is 59.3 Å². The molecule has 7 nitrogen and oxygen atoms in total. The monoisotopic (exact) mass is 538 g/mol. The van der Waals surface area contributed by atoms with E-state index in [1.54, 1.807) is 11.3 Å².